The normalized spacial score (nSPS) is 22.6. The number of carboxylic acids is 1. The zero-order valence-electron chi connectivity index (χ0n) is 10.5. The fourth-order valence-corrected chi connectivity index (χ4v) is 2.37. The lowest BCUT2D eigenvalue weighted by Crippen LogP contribution is -2.50. The summed E-state index contributed by atoms with van der Waals surface area (Å²) in [6.07, 6.45) is 3.69. The maximum Gasteiger partial charge on any atom is 0.317 e. The van der Waals surface area contributed by atoms with Gasteiger partial charge in [0.05, 0.1) is 6.42 Å². The second kappa shape index (κ2) is 5.56. The number of nitrogens with two attached hydrogens (primary N) is 1. The van der Waals surface area contributed by atoms with Crippen LogP contribution in [0.5, 0.6) is 0 Å². The van der Waals surface area contributed by atoms with Crippen LogP contribution in [0.15, 0.2) is 0 Å². The van der Waals surface area contributed by atoms with Crippen molar-refractivity contribution in [3.05, 3.63) is 0 Å². The molecule has 1 atom stereocenters. The number of aliphatic carboxylic acids is 1. The Morgan fingerprint density at radius 3 is 2.39 bits per heavy atom. The van der Waals surface area contributed by atoms with Crippen molar-refractivity contribution in [2.24, 2.45) is 11.7 Å². The molecule has 1 saturated carbocycles. The number of carboxylic acid groups (broad SMARTS) is 1. The number of amides is 2. The summed E-state index contributed by atoms with van der Waals surface area (Å²) in [5, 5.41) is 11.7. The number of rotatable bonds is 4. The molecular formula is C12H21N3O3. The molecule has 102 valence electrons. The topological polar surface area (TPSA) is 95.7 Å². The summed E-state index contributed by atoms with van der Waals surface area (Å²) in [5.74, 6) is -0.509. The lowest BCUT2D eigenvalue weighted by atomic mass is 10.1. The van der Waals surface area contributed by atoms with Gasteiger partial charge in [-0.3, -0.25) is 4.79 Å². The van der Waals surface area contributed by atoms with Crippen LogP contribution in [0.3, 0.4) is 0 Å². The van der Waals surface area contributed by atoms with E-state index in [4.69, 9.17) is 10.8 Å². The van der Waals surface area contributed by atoms with Crippen LogP contribution in [-0.2, 0) is 4.79 Å². The highest BCUT2D eigenvalue weighted by atomic mass is 16.4. The number of hydrogen-bond donors (Lipinski definition) is 3. The van der Waals surface area contributed by atoms with E-state index in [9.17, 15) is 9.59 Å². The first-order chi connectivity index (χ1) is 8.56. The van der Waals surface area contributed by atoms with E-state index < -0.39 is 5.97 Å². The van der Waals surface area contributed by atoms with E-state index >= 15 is 0 Å². The van der Waals surface area contributed by atoms with Gasteiger partial charge in [-0.05, 0) is 31.6 Å². The Morgan fingerprint density at radius 2 is 1.89 bits per heavy atom. The molecule has 2 aliphatic rings. The number of carbonyl (C=O) groups excluding carboxylic acids is 1. The minimum atomic E-state index is -0.854. The molecule has 2 fully saturated rings. The van der Waals surface area contributed by atoms with Gasteiger partial charge >= 0.3 is 12.0 Å². The van der Waals surface area contributed by atoms with Crippen molar-refractivity contribution in [3.8, 4) is 0 Å². The van der Waals surface area contributed by atoms with Crippen LogP contribution in [0.25, 0.3) is 0 Å². The average Bonchev–Trinajstić information content (AvgIpc) is 3.12. The maximum absolute atomic E-state index is 12.0. The Kier molecular flexibility index (Phi) is 4.06. The van der Waals surface area contributed by atoms with Crippen molar-refractivity contribution in [2.45, 2.75) is 44.2 Å². The monoisotopic (exact) mass is 255 g/mol. The summed E-state index contributed by atoms with van der Waals surface area (Å²) in [7, 11) is 0. The summed E-state index contributed by atoms with van der Waals surface area (Å²) >= 11 is 0. The number of nitrogens with one attached hydrogen (secondary N) is 1. The van der Waals surface area contributed by atoms with Crippen molar-refractivity contribution in [3.63, 3.8) is 0 Å². The predicted molar refractivity (Wildman–Crippen MR) is 66.1 cm³/mol. The van der Waals surface area contributed by atoms with Crippen LogP contribution in [-0.4, -0.2) is 47.2 Å². The van der Waals surface area contributed by atoms with Gasteiger partial charge in [0.25, 0.3) is 0 Å². The second-order valence-corrected chi connectivity index (χ2v) is 5.32. The Hall–Kier alpha value is -1.30. The highest BCUT2D eigenvalue weighted by Crippen LogP contribution is 2.34. The molecule has 0 aromatic heterocycles. The van der Waals surface area contributed by atoms with Crippen molar-refractivity contribution in [1.82, 2.24) is 10.2 Å². The Balaban J connectivity index is 1.82. The summed E-state index contributed by atoms with van der Waals surface area (Å²) < 4.78 is 0. The summed E-state index contributed by atoms with van der Waals surface area (Å²) in [4.78, 5) is 24.5. The quantitative estimate of drug-likeness (QED) is 0.676. The summed E-state index contributed by atoms with van der Waals surface area (Å²) in [5.41, 5.74) is 5.79. The van der Waals surface area contributed by atoms with E-state index in [2.05, 4.69) is 5.32 Å². The highest BCUT2D eigenvalue weighted by molar-refractivity contribution is 5.76. The molecule has 1 unspecified atom stereocenters. The van der Waals surface area contributed by atoms with Gasteiger partial charge in [-0.15, -0.1) is 0 Å². The van der Waals surface area contributed by atoms with Crippen molar-refractivity contribution in [2.75, 3.05) is 13.1 Å². The predicted octanol–water partition coefficient (Wildman–Crippen LogP) is 0.372. The molecule has 2 amide bonds. The molecule has 0 aromatic carbocycles. The first-order valence-electron chi connectivity index (χ1n) is 6.59. The van der Waals surface area contributed by atoms with Crippen LogP contribution >= 0.6 is 0 Å². The van der Waals surface area contributed by atoms with Gasteiger partial charge in [-0.2, -0.15) is 0 Å². The van der Waals surface area contributed by atoms with Crippen molar-refractivity contribution >= 4 is 12.0 Å². The molecule has 1 saturated heterocycles. The van der Waals surface area contributed by atoms with Gasteiger partial charge < -0.3 is 21.1 Å². The number of hydrogen-bond acceptors (Lipinski definition) is 3. The molecule has 1 aliphatic heterocycles. The maximum atomic E-state index is 12.0. The van der Waals surface area contributed by atoms with Crippen LogP contribution in [0.2, 0.25) is 0 Å². The van der Waals surface area contributed by atoms with Gasteiger partial charge in [0.15, 0.2) is 0 Å². The lowest BCUT2D eigenvalue weighted by molar-refractivity contribution is -0.137. The van der Waals surface area contributed by atoms with Gasteiger partial charge in [0.2, 0.25) is 0 Å². The largest absolute Gasteiger partial charge is 0.481 e. The second-order valence-electron chi connectivity index (χ2n) is 5.32. The molecule has 2 rings (SSSR count). The number of carbonyl (C=O) groups is 2. The molecule has 0 radical (unpaired) electrons. The van der Waals surface area contributed by atoms with Crippen LogP contribution in [0, 0.1) is 5.92 Å². The van der Waals surface area contributed by atoms with E-state index in [-0.39, 0.29) is 24.5 Å². The Bertz CT molecular complexity index is 323. The van der Waals surface area contributed by atoms with E-state index in [1.807, 2.05) is 0 Å². The zero-order chi connectivity index (χ0) is 13.1. The van der Waals surface area contributed by atoms with Crippen LogP contribution in [0.1, 0.15) is 32.1 Å². The lowest BCUT2D eigenvalue weighted by Gasteiger charge is -2.31. The molecule has 6 nitrogen and oxygen atoms in total. The van der Waals surface area contributed by atoms with E-state index in [1.165, 1.54) is 0 Å². The highest BCUT2D eigenvalue weighted by Gasteiger charge is 2.34. The van der Waals surface area contributed by atoms with E-state index in [0.717, 1.165) is 25.7 Å². The van der Waals surface area contributed by atoms with E-state index in [0.29, 0.717) is 19.0 Å². The molecule has 18 heavy (non-hydrogen) atoms. The average molecular weight is 255 g/mol. The van der Waals surface area contributed by atoms with Crippen LogP contribution < -0.4 is 11.1 Å². The summed E-state index contributed by atoms with van der Waals surface area (Å²) in [6.45, 7) is 1.33. The minimum Gasteiger partial charge on any atom is -0.481 e. The molecule has 0 aromatic rings. The third kappa shape index (κ3) is 3.60. The van der Waals surface area contributed by atoms with E-state index in [1.54, 1.807) is 4.90 Å². The SMILES string of the molecule is NC1CCN(C(=O)NC(CC(=O)O)C2CC2)CC1. The molecule has 1 aliphatic carbocycles. The minimum absolute atomic E-state index is 0.0176. The standard InChI is InChI=1S/C12H21N3O3/c13-9-3-5-15(6-4-9)12(18)14-10(7-11(16)17)8-1-2-8/h8-10H,1-7,13H2,(H,14,18)(H,16,17). The first kappa shape index (κ1) is 13.1. The number of piperidine rings is 1. The van der Waals surface area contributed by atoms with Crippen molar-refractivity contribution in [1.29, 1.82) is 0 Å². The Labute approximate surface area is 107 Å². The Morgan fingerprint density at radius 1 is 1.28 bits per heavy atom. The fourth-order valence-electron chi connectivity index (χ4n) is 2.37. The molecule has 0 bridgehead atoms. The number of nitrogens with zero attached hydrogens (tertiary/aromatic N) is 1. The number of urea groups is 1. The summed E-state index contributed by atoms with van der Waals surface area (Å²) in [6, 6.07) is -0.169. The first-order valence-corrected chi connectivity index (χ1v) is 6.59. The van der Waals surface area contributed by atoms with Crippen molar-refractivity contribution < 1.29 is 14.7 Å². The molecule has 6 heteroatoms. The molecule has 4 N–H and O–H groups in total. The fraction of sp³-hybridized carbons (Fsp3) is 0.833. The van der Waals surface area contributed by atoms with Gasteiger partial charge in [0.1, 0.15) is 0 Å². The van der Waals surface area contributed by atoms with Crippen LogP contribution in [0.4, 0.5) is 4.79 Å². The van der Waals surface area contributed by atoms with Gasteiger partial charge in [-0.1, -0.05) is 0 Å². The number of likely N-dealkylation sites (tertiary alicyclic amines) is 1. The third-order valence-corrected chi connectivity index (χ3v) is 3.72. The smallest absolute Gasteiger partial charge is 0.317 e. The molecule has 0 spiro atoms. The molecule has 1 heterocycles. The zero-order valence-corrected chi connectivity index (χ0v) is 10.5. The third-order valence-electron chi connectivity index (χ3n) is 3.72. The van der Waals surface area contributed by atoms with Gasteiger partial charge in [0, 0.05) is 25.2 Å². The van der Waals surface area contributed by atoms with Gasteiger partial charge in [-0.25, -0.2) is 4.79 Å². The molecular weight excluding hydrogens is 234 g/mol.